The third-order valence-corrected chi connectivity index (χ3v) is 5.97. The van der Waals surface area contributed by atoms with Gasteiger partial charge in [-0.1, -0.05) is 0 Å². The number of likely N-dealkylation sites (tertiary alicyclic amines) is 1. The van der Waals surface area contributed by atoms with E-state index in [1.165, 1.54) is 12.1 Å². The summed E-state index contributed by atoms with van der Waals surface area (Å²) >= 11 is 0. The van der Waals surface area contributed by atoms with Crippen LogP contribution in [0.3, 0.4) is 0 Å². The van der Waals surface area contributed by atoms with E-state index < -0.39 is 4.92 Å². The molecule has 2 aromatic rings. The molecule has 2 atom stereocenters. The van der Waals surface area contributed by atoms with Crippen molar-refractivity contribution in [2.75, 3.05) is 26.2 Å². The van der Waals surface area contributed by atoms with E-state index in [1.54, 1.807) is 17.2 Å². The van der Waals surface area contributed by atoms with E-state index >= 15 is 0 Å². The van der Waals surface area contributed by atoms with Gasteiger partial charge in [0.1, 0.15) is 0 Å². The van der Waals surface area contributed by atoms with E-state index in [-0.39, 0.29) is 35.6 Å². The van der Waals surface area contributed by atoms with Crippen LogP contribution >= 0.6 is 0 Å². The van der Waals surface area contributed by atoms with Crippen molar-refractivity contribution < 1.29 is 19.2 Å². The highest BCUT2D eigenvalue weighted by molar-refractivity contribution is 6.07. The Morgan fingerprint density at radius 3 is 2.43 bits per heavy atom. The molecule has 2 fully saturated rings. The highest BCUT2D eigenvalue weighted by Gasteiger charge is 2.34. The number of ether oxygens (including phenoxy) is 1. The predicted octanol–water partition coefficient (Wildman–Crippen LogP) is 2.56. The number of hydrogen-bond donors (Lipinski definition) is 1. The van der Waals surface area contributed by atoms with E-state index in [1.807, 2.05) is 18.7 Å². The molecular formula is C21H26N4O5. The number of hydrogen-bond acceptors (Lipinski definition) is 5. The summed E-state index contributed by atoms with van der Waals surface area (Å²) < 4.78 is 5.71. The molecule has 0 bridgehead atoms. The fraction of sp³-hybridized carbons (Fsp3) is 0.524. The van der Waals surface area contributed by atoms with Crippen molar-refractivity contribution in [2.24, 2.45) is 5.92 Å². The number of rotatable bonds is 3. The van der Waals surface area contributed by atoms with Gasteiger partial charge in [0, 0.05) is 61.3 Å². The summed E-state index contributed by atoms with van der Waals surface area (Å²) in [7, 11) is 0. The molecule has 2 aliphatic heterocycles. The number of aromatic nitrogens is 1. The summed E-state index contributed by atoms with van der Waals surface area (Å²) in [6, 6.07) is 4.45. The minimum absolute atomic E-state index is 0.0327. The number of aromatic amines is 1. The molecule has 1 aromatic carbocycles. The van der Waals surface area contributed by atoms with Gasteiger partial charge in [0.2, 0.25) is 5.91 Å². The molecule has 1 N–H and O–H groups in total. The Morgan fingerprint density at radius 1 is 1.13 bits per heavy atom. The molecule has 0 saturated carbocycles. The fourth-order valence-corrected chi connectivity index (χ4v) is 4.52. The molecule has 30 heavy (non-hydrogen) atoms. The second kappa shape index (κ2) is 8.06. The van der Waals surface area contributed by atoms with E-state index in [0.717, 1.165) is 0 Å². The molecule has 2 aliphatic rings. The molecule has 0 spiro atoms. The van der Waals surface area contributed by atoms with Crippen LogP contribution in [0, 0.1) is 16.0 Å². The number of nitrogens with zero attached hydrogens (tertiary/aromatic N) is 3. The van der Waals surface area contributed by atoms with Crippen LogP contribution in [0.1, 0.15) is 37.0 Å². The first-order valence-corrected chi connectivity index (χ1v) is 10.3. The lowest BCUT2D eigenvalue weighted by atomic mass is 9.94. The molecule has 4 rings (SSSR count). The number of piperidine rings is 1. The normalized spacial score (nSPS) is 23.0. The number of nitro benzene ring substituents is 1. The van der Waals surface area contributed by atoms with Gasteiger partial charge in [0.15, 0.2) is 0 Å². The zero-order valence-electron chi connectivity index (χ0n) is 17.2. The Balaban J connectivity index is 1.42. The van der Waals surface area contributed by atoms with Gasteiger partial charge in [-0.25, -0.2) is 0 Å². The highest BCUT2D eigenvalue weighted by Crippen LogP contribution is 2.27. The summed E-state index contributed by atoms with van der Waals surface area (Å²) in [6.07, 6.45) is 2.90. The second-order valence-corrected chi connectivity index (χ2v) is 8.26. The lowest BCUT2D eigenvalue weighted by Crippen LogP contribution is -2.51. The second-order valence-electron chi connectivity index (χ2n) is 8.26. The summed E-state index contributed by atoms with van der Waals surface area (Å²) in [5.41, 5.74) is 1.06. The average Bonchev–Trinajstić information content (AvgIpc) is 3.15. The van der Waals surface area contributed by atoms with E-state index in [4.69, 9.17) is 4.74 Å². The first kappa shape index (κ1) is 20.3. The van der Waals surface area contributed by atoms with Crippen molar-refractivity contribution in [3.8, 4) is 0 Å². The third kappa shape index (κ3) is 3.89. The number of benzene rings is 1. The predicted molar refractivity (Wildman–Crippen MR) is 110 cm³/mol. The van der Waals surface area contributed by atoms with Crippen LogP contribution in [-0.2, 0) is 9.53 Å². The average molecular weight is 414 g/mol. The van der Waals surface area contributed by atoms with Crippen molar-refractivity contribution in [1.29, 1.82) is 0 Å². The maximum atomic E-state index is 13.0. The van der Waals surface area contributed by atoms with Crippen LogP contribution in [0.15, 0.2) is 24.4 Å². The molecule has 3 heterocycles. The zero-order chi connectivity index (χ0) is 21.4. The smallest absolute Gasteiger partial charge is 0.270 e. The molecule has 2 unspecified atom stereocenters. The number of H-pyrrole nitrogens is 1. The zero-order valence-corrected chi connectivity index (χ0v) is 17.2. The standard InChI is InChI=1S/C21H26N4O5/c1-13-11-24(12-14(2)30-13)20(26)15-5-7-23(8-6-15)21(27)18-10-22-19-4-3-16(25(28)29)9-17(18)19/h3-4,9-10,13-15,22H,5-8,11-12H2,1-2H3. The third-order valence-electron chi connectivity index (χ3n) is 5.97. The quantitative estimate of drug-likeness (QED) is 0.613. The fourth-order valence-electron chi connectivity index (χ4n) is 4.52. The SMILES string of the molecule is CC1CN(C(=O)C2CCN(C(=O)c3c[nH]c4ccc([N+](=O)[O-])cc34)CC2)CC(C)O1. The molecule has 1 aromatic heterocycles. The van der Waals surface area contributed by atoms with Crippen LogP contribution in [0.25, 0.3) is 10.9 Å². The van der Waals surface area contributed by atoms with Crippen LogP contribution in [0.4, 0.5) is 5.69 Å². The molecule has 9 heteroatoms. The Labute approximate surface area is 174 Å². The maximum absolute atomic E-state index is 13.0. The Kier molecular flexibility index (Phi) is 5.46. The monoisotopic (exact) mass is 414 g/mol. The maximum Gasteiger partial charge on any atom is 0.270 e. The lowest BCUT2D eigenvalue weighted by Gasteiger charge is -2.39. The number of nitrogens with one attached hydrogen (secondary N) is 1. The number of nitro groups is 1. The molecule has 160 valence electrons. The van der Waals surface area contributed by atoms with Crippen LogP contribution in [0.5, 0.6) is 0 Å². The summed E-state index contributed by atoms with van der Waals surface area (Å²) in [4.78, 5) is 43.2. The largest absolute Gasteiger partial charge is 0.372 e. The van der Waals surface area contributed by atoms with Gasteiger partial charge in [0.05, 0.1) is 22.7 Å². The van der Waals surface area contributed by atoms with E-state index in [9.17, 15) is 19.7 Å². The van der Waals surface area contributed by atoms with Crippen LogP contribution < -0.4 is 0 Å². The van der Waals surface area contributed by atoms with Gasteiger partial charge in [-0.15, -0.1) is 0 Å². The molecule has 0 radical (unpaired) electrons. The molecule has 0 aliphatic carbocycles. The Bertz CT molecular complexity index is 969. The summed E-state index contributed by atoms with van der Waals surface area (Å²) in [5, 5.41) is 11.6. The Hall–Kier alpha value is -2.94. The number of carbonyl (C=O) groups is 2. The first-order chi connectivity index (χ1) is 14.3. The molecule has 2 saturated heterocycles. The van der Waals surface area contributed by atoms with Gasteiger partial charge in [-0.05, 0) is 32.8 Å². The first-order valence-electron chi connectivity index (χ1n) is 10.3. The van der Waals surface area contributed by atoms with Crippen molar-refractivity contribution >= 4 is 28.4 Å². The van der Waals surface area contributed by atoms with E-state index in [0.29, 0.717) is 55.5 Å². The van der Waals surface area contributed by atoms with E-state index in [2.05, 4.69) is 4.98 Å². The number of amides is 2. The topological polar surface area (TPSA) is 109 Å². The van der Waals surface area contributed by atoms with Crippen molar-refractivity contribution in [1.82, 2.24) is 14.8 Å². The van der Waals surface area contributed by atoms with Gasteiger partial charge >= 0.3 is 0 Å². The van der Waals surface area contributed by atoms with Gasteiger partial charge in [-0.2, -0.15) is 0 Å². The Morgan fingerprint density at radius 2 is 1.80 bits per heavy atom. The number of morpholine rings is 1. The minimum Gasteiger partial charge on any atom is -0.372 e. The van der Waals surface area contributed by atoms with Gasteiger partial charge in [-0.3, -0.25) is 19.7 Å². The van der Waals surface area contributed by atoms with Crippen molar-refractivity contribution in [2.45, 2.75) is 38.9 Å². The lowest BCUT2D eigenvalue weighted by molar-refractivity contribution is -0.384. The molecule has 2 amide bonds. The van der Waals surface area contributed by atoms with Crippen LogP contribution in [0.2, 0.25) is 0 Å². The molecular weight excluding hydrogens is 388 g/mol. The number of fused-ring (bicyclic) bond motifs is 1. The van der Waals surface area contributed by atoms with Crippen molar-refractivity contribution in [3.63, 3.8) is 0 Å². The number of carbonyl (C=O) groups excluding carboxylic acids is 2. The van der Waals surface area contributed by atoms with Crippen molar-refractivity contribution in [3.05, 3.63) is 40.1 Å². The van der Waals surface area contributed by atoms with Crippen LogP contribution in [-0.4, -0.2) is 69.9 Å². The summed E-state index contributed by atoms with van der Waals surface area (Å²) in [6.45, 7) is 6.15. The van der Waals surface area contributed by atoms with Gasteiger partial charge < -0.3 is 19.5 Å². The van der Waals surface area contributed by atoms with Gasteiger partial charge in [0.25, 0.3) is 11.6 Å². The summed E-state index contributed by atoms with van der Waals surface area (Å²) in [5.74, 6) is -0.108. The number of non-ortho nitro benzene ring substituents is 1. The highest BCUT2D eigenvalue weighted by atomic mass is 16.6. The minimum atomic E-state index is -0.467. The molecule has 9 nitrogen and oxygen atoms in total.